The van der Waals surface area contributed by atoms with Crippen molar-refractivity contribution in [2.24, 2.45) is 5.73 Å². The van der Waals surface area contributed by atoms with Crippen LogP contribution in [0.3, 0.4) is 0 Å². The van der Waals surface area contributed by atoms with E-state index in [9.17, 15) is 0 Å². The van der Waals surface area contributed by atoms with Gasteiger partial charge in [0.1, 0.15) is 0 Å². The Kier molecular flexibility index (Phi) is 2.85. The van der Waals surface area contributed by atoms with Crippen molar-refractivity contribution in [3.8, 4) is 0 Å². The largest absolute Gasteiger partial charge is 0.330 e. The zero-order valence-electron chi connectivity index (χ0n) is 8.42. The van der Waals surface area contributed by atoms with Gasteiger partial charge < -0.3 is 5.73 Å². The third-order valence-corrected chi connectivity index (χ3v) is 3.53. The highest BCUT2D eigenvalue weighted by Crippen LogP contribution is 2.27. The van der Waals surface area contributed by atoms with Gasteiger partial charge in [0.05, 0.1) is 0 Å². The van der Waals surface area contributed by atoms with Gasteiger partial charge in [0.2, 0.25) is 0 Å². The highest BCUT2D eigenvalue weighted by atomic mass is 32.1. The normalized spacial score (nSPS) is 11.0. The molecule has 0 aliphatic heterocycles. The van der Waals surface area contributed by atoms with Gasteiger partial charge in [0, 0.05) is 9.58 Å². The van der Waals surface area contributed by atoms with E-state index < -0.39 is 0 Å². The summed E-state index contributed by atoms with van der Waals surface area (Å²) < 4.78 is 1.39. The average Bonchev–Trinajstić information content (AvgIpc) is 2.56. The molecule has 0 aliphatic carbocycles. The summed E-state index contributed by atoms with van der Waals surface area (Å²) >= 11 is 1.89. The summed E-state index contributed by atoms with van der Waals surface area (Å²) in [6.45, 7) is 2.92. The highest BCUT2D eigenvalue weighted by Gasteiger charge is 2.00. The summed E-state index contributed by atoms with van der Waals surface area (Å²) in [4.78, 5) is 1.45. The summed E-state index contributed by atoms with van der Waals surface area (Å²) in [5, 5.41) is 1.38. The van der Waals surface area contributed by atoms with Crippen LogP contribution in [-0.4, -0.2) is 6.54 Å². The Bertz CT molecular complexity index is 431. The van der Waals surface area contributed by atoms with E-state index in [1.54, 1.807) is 0 Å². The number of benzene rings is 1. The molecule has 0 spiro atoms. The topological polar surface area (TPSA) is 26.0 Å². The molecule has 0 bridgehead atoms. The van der Waals surface area contributed by atoms with E-state index in [2.05, 4.69) is 31.2 Å². The minimum Gasteiger partial charge on any atom is -0.330 e. The van der Waals surface area contributed by atoms with Crippen molar-refractivity contribution in [2.75, 3.05) is 6.54 Å². The van der Waals surface area contributed by atoms with E-state index in [1.807, 2.05) is 11.3 Å². The zero-order valence-corrected chi connectivity index (χ0v) is 9.23. The molecule has 74 valence electrons. The van der Waals surface area contributed by atoms with Gasteiger partial charge in [-0.05, 0) is 43.8 Å². The van der Waals surface area contributed by atoms with Crippen molar-refractivity contribution >= 4 is 21.4 Å². The van der Waals surface area contributed by atoms with Crippen LogP contribution in [-0.2, 0) is 6.42 Å². The fourth-order valence-corrected chi connectivity index (χ4v) is 2.70. The summed E-state index contributed by atoms with van der Waals surface area (Å²) in [6.07, 6.45) is 2.21. The first-order valence-corrected chi connectivity index (χ1v) is 5.80. The summed E-state index contributed by atoms with van der Waals surface area (Å²) in [5.74, 6) is 0. The summed E-state index contributed by atoms with van der Waals surface area (Å²) in [6, 6.07) is 8.92. The van der Waals surface area contributed by atoms with Crippen LogP contribution in [0.1, 0.15) is 16.9 Å². The molecule has 2 rings (SSSR count). The molecule has 1 aromatic carbocycles. The average molecular weight is 205 g/mol. The summed E-state index contributed by atoms with van der Waals surface area (Å²) in [5.41, 5.74) is 6.83. The molecule has 1 heterocycles. The zero-order chi connectivity index (χ0) is 9.97. The number of fused-ring (bicyclic) bond motifs is 1. The van der Waals surface area contributed by atoms with Crippen LogP contribution in [0.15, 0.2) is 24.3 Å². The molecule has 0 aliphatic rings. The third-order valence-electron chi connectivity index (χ3n) is 2.35. The van der Waals surface area contributed by atoms with Gasteiger partial charge in [0.25, 0.3) is 0 Å². The van der Waals surface area contributed by atoms with Crippen molar-refractivity contribution in [3.05, 3.63) is 34.7 Å². The Hall–Kier alpha value is -0.860. The molecule has 0 atom stereocenters. The minimum atomic E-state index is 0.785. The Labute approximate surface area is 88.6 Å². The van der Waals surface area contributed by atoms with E-state index in [1.165, 1.54) is 20.5 Å². The number of aryl methyl sites for hydroxylation is 2. The van der Waals surface area contributed by atoms with Crippen LogP contribution >= 0.6 is 11.3 Å². The van der Waals surface area contributed by atoms with Gasteiger partial charge in [-0.2, -0.15) is 0 Å². The molecule has 14 heavy (non-hydrogen) atoms. The Morgan fingerprint density at radius 2 is 2.14 bits per heavy atom. The van der Waals surface area contributed by atoms with E-state index in [-0.39, 0.29) is 0 Å². The summed E-state index contributed by atoms with van der Waals surface area (Å²) in [7, 11) is 0. The molecule has 1 aromatic heterocycles. The first-order chi connectivity index (χ1) is 6.79. The molecular formula is C12H15NS. The quantitative estimate of drug-likeness (QED) is 0.818. The molecular weight excluding hydrogens is 190 g/mol. The molecule has 0 radical (unpaired) electrons. The number of rotatable bonds is 3. The molecule has 2 heteroatoms. The van der Waals surface area contributed by atoms with Gasteiger partial charge >= 0.3 is 0 Å². The molecule has 2 aromatic rings. The maximum atomic E-state index is 5.50. The van der Waals surface area contributed by atoms with Gasteiger partial charge in [-0.25, -0.2) is 0 Å². The third kappa shape index (κ3) is 1.97. The SMILES string of the molecule is Cc1ccc2sc(CCCN)cc2c1. The van der Waals surface area contributed by atoms with E-state index in [0.29, 0.717) is 0 Å². The molecule has 2 N–H and O–H groups in total. The number of hydrogen-bond acceptors (Lipinski definition) is 2. The van der Waals surface area contributed by atoms with Crippen molar-refractivity contribution in [1.82, 2.24) is 0 Å². The van der Waals surface area contributed by atoms with Crippen LogP contribution in [0, 0.1) is 6.92 Å². The van der Waals surface area contributed by atoms with Gasteiger partial charge in [-0.15, -0.1) is 11.3 Å². The van der Waals surface area contributed by atoms with E-state index in [0.717, 1.165) is 19.4 Å². The predicted octanol–water partition coefficient (Wildman–Crippen LogP) is 3.10. The van der Waals surface area contributed by atoms with Crippen LogP contribution in [0.2, 0.25) is 0 Å². The maximum absolute atomic E-state index is 5.50. The first-order valence-electron chi connectivity index (χ1n) is 4.99. The van der Waals surface area contributed by atoms with Crippen molar-refractivity contribution < 1.29 is 0 Å². The van der Waals surface area contributed by atoms with Crippen molar-refractivity contribution in [3.63, 3.8) is 0 Å². The number of hydrogen-bond donors (Lipinski definition) is 1. The lowest BCUT2D eigenvalue weighted by Crippen LogP contribution is -1.99. The number of nitrogens with two attached hydrogens (primary N) is 1. The van der Waals surface area contributed by atoms with Crippen LogP contribution < -0.4 is 5.73 Å². The lowest BCUT2D eigenvalue weighted by molar-refractivity contribution is 0.843. The molecule has 0 saturated heterocycles. The van der Waals surface area contributed by atoms with Crippen molar-refractivity contribution in [2.45, 2.75) is 19.8 Å². The fraction of sp³-hybridized carbons (Fsp3) is 0.333. The number of thiophene rings is 1. The van der Waals surface area contributed by atoms with Gasteiger partial charge in [-0.3, -0.25) is 0 Å². The van der Waals surface area contributed by atoms with Crippen molar-refractivity contribution in [1.29, 1.82) is 0 Å². The second-order valence-corrected chi connectivity index (χ2v) is 4.81. The molecule has 0 saturated carbocycles. The molecule has 1 nitrogen and oxygen atoms in total. The van der Waals surface area contributed by atoms with Crippen LogP contribution in [0.5, 0.6) is 0 Å². The first kappa shape index (κ1) is 9.69. The smallest absolute Gasteiger partial charge is 0.0345 e. The predicted molar refractivity (Wildman–Crippen MR) is 63.9 cm³/mol. The lowest BCUT2D eigenvalue weighted by Gasteiger charge is -1.91. The molecule has 0 fully saturated rings. The second kappa shape index (κ2) is 4.11. The van der Waals surface area contributed by atoms with E-state index >= 15 is 0 Å². The molecule has 0 unspecified atom stereocenters. The Balaban J connectivity index is 2.32. The standard InChI is InChI=1S/C12H15NS/c1-9-4-5-12-10(7-9)8-11(14-12)3-2-6-13/h4-5,7-8H,2-3,6,13H2,1H3. The monoisotopic (exact) mass is 205 g/mol. The highest BCUT2D eigenvalue weighted by molar-refractivity contribution is 7.19. The fourth-order valence-electron chi connectivity index (χ4n) is 1.62. The van der Waals surface area contributed by atoms with Gasteiger partial charge in [-0.1, -0.05) is 17.7 Å². The van der Waals surface area contributed by atoms with Gasteiger partial charge in [0.15, 0.2) is 0 Å². The Morgan fingerprint density at radius 3 is 2.93 bits per heavy atom. The lowest BCUT2D eigenvalue weighted by atomic mass is 10.2. The second-order valence-electron chi connectivity index (χ2n) is 3.65. The Morgan fingerprint density at radius 1 is 1.29 bits per heavy atom. The molecule has 0 amide bonds. The maximum Gasteiger partial charge on any atom is 0.0345 e. The van der Waals surface area contributed by atoms with E-state index in [4.69, 9.17) is 5.73 Å². The van der Waals surface area contributed by atoms with Crippen LogP contribution in [0.4, 0.5) is 0 Å². The minimum absolute atomic E-state index is 0.785. The van der Waals surface area contributed by atoms with Crippen LogP contribution in [0.25, 0.3) is 10.1 Å².